The van der Waals surface area contributed by atoms with Crippen molar-refractivity contribution < 1.29 is 31.9 Å². The lowest BCUT2D eigenvalue weighted by Crippen LogP contribution is -2.47. The van der Waals surface area contributed by atoms with Gasteiger partial charge in [0.05, 0.1) is 13.2 Å². The van der Waals surface area contributed by atoms with E-state index in [0.29, 0.717) is 5.06 Å². The number of urea groups is 1. The summed E-state index contributed by atoms with van der Waals surface area (Å²) in [5, 5.41) is 9.56. The zero-order valence-electron chi connectivity index (χ0n) is 9.46. The highest BCUT2D eigenvalue weighted by atomic mass is 32.3. The second-order valence-electron chi connectivity index (χ2n) is 4.03. The topological polar surface area (TPSA) is 150 Å². The Bertz CT molecular complexity index is 557. The molecule has 3 amide bonds. The van der Waals surface area contributed by atoms with Crippen molar-refractivity contribution in [3.8, 4) is 0 Å². The van der Waals surface area contributed by atoms with E-state index in [1.807, 2.05) is 0 Å². The van der Waals surface area contributed by atoms with Gasteiger partial charge in [0.2, 0.25) is 5.91 Å². The molecule has 2 atom stereocenters. The SMILES string of the molecule is NC(=O)[C@@H]1C=C(CO)[C@@H]2CN1C(=O)N2OS(=O)(=O)O. The predicted octanol–water partition coefficient (Wildman–Crippen LogP) is -2.39. The Morgan fingerprint density at radius 3 is 2.68 bits per heavy atom. The van der Waals surface area contributed by atoms with Crippen LogP contribution in [-0.2, 0) is 19.5 Å². The van der Waals surface area contributed by atoms with Crippen LogP contribution in [0.25, 0.3) is 0 Å². The minimum atomic E-state index is -4.90. The number of carbonyl (C=O) groups excluding carboxylic acids is 2. The van der Waals surface area contributed by atoms with Gasteiger partial charge >= 0.3 is 16.4 Å². The third-order valence-corrected chi connectivity index (χ3v) is 3.22. The third-order valence-electron chi connectivity index (χ3n) is 2.87. The number of primary amides is 1. The average Bonchev–Trinajstić information content (AvgIpc) is 2.54. The number of carbonyl (C=O) groups is 2. The Morgan fingerprint density at radius 1 is 1.58 bits per heavy atom. The van der Waals surface area contributed by atoms with Gasteiger partial charge in [0.15, 0.2) is 0 Å². The first-order valence-electron chi connectivity index (χ1n) is 5.12. The van der Waals surface area contributed by atoms with Gasteiger partial charge < -0.3 is 15.7 Å². The third kappa shape index (κ3) is 2.40. The number of hydrogen-bond donors (Lipinski definition) is 3. The van der Waals surface area contributed by atoms with Crippen LogP contribution in [0.5, 0.6) is 0 Å². The molecule has 2 bridgehead atoms. The molecular weight excluding hydrogens is 282 g/mol. The lowest BCUT2D eigenvalue weighted by Gasteiger charge is -2.26. The Balaban J connectivity index is 2.37. The van der Waals surface area contributed by atoms with Crippen molar-refractivity contribution in [3.63, 3.8) is 0 Å². The van der Waals surface area contributed by atoms with E-state index < -0.39 is 41.0 Å². The van der Waals surface area contributed by atoms with Crippen molar-refractivity contribution in [3.05, 3.63) is 11.6 Å². The highest BCUT2D eigenvalue weighted by Gasteiger charge is 2.49. The van der Waals surface area contributed by atoms with E-state index in [9.17, 15) is 18.0 Å². The first-order chi connectivity index (χ1) is 8.74. The van der Waals surface area contributed by atoms with Crippen LogP contribution in [0.2, 0.25) is 0 Å². The standard InChI is InChI=1S/C8H11N3O7S/c9-7(13)5-1-4(3-12)6-2-10(5)8(14)11(6)18-19(15,16)17/h1,5-6,12H,2-3H2,(H2,9,13)(H,15,16,17)/t5-,6-/m0/s1. The number of nitrogens with two attached hydrogens (primary N) is 1. The van der Waals surface area contributed by atoms with Crippen LogP contribution >= 0.6 is 0 Å². The molecule has 2 rings (SSSR count). The van der Waals surface area contributed by atoms with Crippen LogP contribution < -0.4 is 5.73 Å². The summed E-state index contributed by atoms with van der Waals surface area (Å²) in [6.07, 6.45) is 1.27. The van der Waals surface area contributed by atoms with Crippen molar-refractivity contribution >= 4 is 22.3 Å². The molecule has 4 N–H and O–H groups in total. The molecule has 2 aliphatic rings. The normalized spacial score (nSPS) is 26.6. The number of nitrogens with zero attached hydrogens (tertiary/aromatic N) is 2. The average molecular weight is 293 g/mol. The number of hydroxylamine groups is 2. The summed E-state index contributed by atoms with van der Waals surface area (Å²) >= 11 is 0. The van der Waals surface area contributed by atoms with E-state index in [4.69, 9.17) is 15.4 Å². The first-order valence-corrected chi connectivity index (χ1v) is 6.48. The molecule has 0 aromatic heterocycles. The van der Waals surface area contributed by atoms with Crippen molar-refractivity contribution in [2.45, 2.75) is 12.1 Å². The predicted molar refractivity (Wildman–Crippen MR) is 58.5 cm³/mol. The van der Waals surface area contributed by atoms with Crippen molar-refractivity contribution in [2.24, 2.45) is 5.73 Å². The van der Waals surface area contributed by atoms with Gasteiger partial charge in [-0.15, -0.1) is 4.28 Å². The van der Waals surface area contributed by atoms with Crippen LogP contribution in [0, 0.1) is 0 Å². The maximum atomic E-state index is 11.9. The molecule has 0 spiro atoms. The molecule has 2 heterocycles. The van der Waals surface area contributed by atoms with Gasteiger partial charge in [0, 0.05) is 0 Å². The summed E-state index contributed by atoms with van der Waals surface area (Å²) in [7, 11) is -4.90. The first kappa shape index (κ1) is 13.7. The number of hydrogen-bond acceptors (Lipinski definition) is 6. The molecule has 0 aliphatic carbocycles. The summed E-state index contributed by atoms with van der Waals surface area (Å²) in [4.78, 5) is 24.1. The maximum absolute atomic E-state index is 11.9. The van der Waals surface area contributed by atoms with Gasteiger partial charge in [-0.05, 0) is 11.6 Å². The van der Waals surface area contributed by atoms with Crippen molar-refractivity contribution in [1.82, 2.24) is 9.96 Å². The molecule has 106 valence electrons. The van der Waals surface area contributed by atoms with Gasteiger partial charge in [-0.25, -0.2) is 4.79 Å². The van der Waals surface area contributed by atoms with Gasteiger partial charge in [0.25, 0.3) is 0 Å². The van der Waals surface area contributed by atoms with Crippen LogP contribution in [-0.4, -0.2) is 65.2 Å². The van der Waals surface area contributed by atoms with Crippen molar-refractivity contribution in [1.29, 1.82) is 0 Å². The molecule has 0 radical (unpaired) electrons. The van der Waals surface area contributed by atoms with Crippen LogP contribution in [0.15, 0.2) is 11.6 Å². The lowest BCUT2D eigenvalue weighted by molar-refractivity contribution is -0.120. The second-order valence-corrected chi connectivity index (χ2v) is 5.03. The molecule has 1 saturated heterocycles. The van der Waals surface area contributed by atoms with Crippen LogP contribution in [0.4, 0.5) is 4.79 Å². The summed E-state index contributed by atoms with van der Waals surface area (Å²) in [5.41, 5.74) is 5.32. The Labute approximate surface area is 107 Å². The van der Waals surface area contributed by atoms with Gasteiger partial charge in [-0.3, -0.25) is 9.35 Å². The highest BCUT2D eigenvalue weighted by molar-refractivity contribution is 7.80. The molecule has 11 heteroatoms. The van der Waals surface area contributed by atoms with E-state index in [1.165, 1.54) is 6.08 Å². The summed E-state index contributed by atoms with van der Waals surface area (Å²) < 4.78 is 34.1. The molecule has 1 fully saturated rings. The molecular formula is C8H11N3O7S. The maximum Gasteiger partial charge on any atom is 0.418 e. The molecule has 0 unspecified atom stereocenters. The zero-order valence-corrected chi connectivity index (χ0v) is 10.3. The van der Waals surface area contributed by atoms with Gasteiger partial charge in [0.1, 0.15) is 12.1 Å². The molecule has 10 nitrogen and oxygen atoms in total. The number of amides is 3. The lowest BCUT2D eigenvalue weighted by atomic mass is 10.0. The Kier molecular flexibility index (Phi) is 3.22. The monoisotopic (exact) mass is 293 g/mol. The molecule has 0 saturated carbocycles. The fraction of sp³-hybridized carbons (Fsp3) is 0.500. The van der Waals surface area contributed by atoms with E-state index >= 15 is 0 Å². The summed E-state index contributed by atoms with van der Waals surface area (Å²) in [6, 6.07) is -2.94. The van der Waals surface area contributed by atoms with E-state index in [-0.39, 0.29) is 12.1 Å². The largest absolute Gasteiger partial charge is 0.418 e. The van der Waals surface area contributed by atoms with Crippen molar-refractivity contribution in [2.75, 3.05) is 13.2 Å². The fourth-order valence-corrected chi connectivity index (χ4v) is 2.45. The van der Waals surface area contributed by atoms with Gasteiger partial charge in [-0.1, -0.05) is 0 Å². The smallest absolute Gasteiger partial charge is 0.392 e. The van der Waals surface area contributed by atoms with Crippen LogP contribution in [0.3, 0.4) is 0 Å². The number of aliphatic hydroxyl groups excluding tert-OH is 1. The summed E-state index contributed by atoms with van der Waals surface area (Å²) in [5.74, 6) is -0.827. The number of rotatable bonds is 4. The zero-order chi connectivity index (χ0) is 14.4. The minimum Gasteiger partial charge on any atom is -0.392 e. The van der Waals surface area contributed by atoms with E-state index in [0.717, 1.165) is 4.90 Å². The van der Waals surface area contributed by atoms with Crippen LogP contribution in [0.1, 0.15) is 0 Å². The van der Waals surface area contributed by atoms with E-state index in [1.54, 1.807) is 0 Å². The summed E-state index contributed by atoms with van der Waals surface area (Å²) in [6.45, 7) is -0.588. The second kappa shape index (κ2) is 4.45. The van der Waals surface area contributed by atoms with E-state index in [2.05, 4.69) is 4.28 Å². The fourth-order valence-electron chi connectivity index (χ4n) is 2.08. The molecule has 0 aromatic carbocycles. The minimum absolute atomic E-state index is 0.0750. The highest BCUT2D eigenvalue weighted by Crippen LogP contribution is 2.30. The molecule has 2 aliphatic heterocycles. The molecule has 0 aromatic rings. The quantitative estimate of drug-likeness (QED) is 0.386. The van der Waals surface area contributed by atoms with Gasteiger partial charge in [-0.2, -0.15) is 13.5 Å². The number of fused-ring (bicyclic) bond motifs is 2. The Hall–Kier alpha value is -1.69. The number of aliphatic hydroxyl groups is 1. The Morgan fingerprint density at radius 2 is 2.21 bits per heavy atom. The molecule has 19 heavy (non-hydrogen) atoms.